The lowest BCUT2D eigenvalue weighted by Crippen LogP contribution is -2.37. The Balaban J connectivity index is 0.000000117. The number of aromatic nitrogens is 4. The molecular weight excluding hydrogens is 1410 g/mol. The first-order valence-corrected chi connectivity index (χ1v) is 37.4. The van der Waals surface area contributed by atoms with Gasteiger partial charge in [0.2, 0.25) is 0 Å². The molecule has 16 aromatic carbocycles. The zero-order valence-electron chi connectivity index (χ0n) is 58.1. The van der Waals surface area contributed by atoms with E-state index < -0.39 is 17.9 Å². The van der Waals surface area contributed by atoms with Crippen LogP contribution in [0.5, 0.6) is 23.0 Å². The number of fused-ring (bicyclic) bond motifs is 28. The molecule has 0 bridgehead atoms. The number of hydrogen-bond acceptors (Lipinski definition) is 4. The summed E-state index contributed by atoms with van der Waals surface area (Å²) in [5, 5.41) is 28.8. The summed E-state index contributed by atoms with van der Waals surface area (Å²) >= 11 is 3.76. The van der Waals surface area contributed by atoms with Crippen molar-refractivity contribution < 1.29 is 19.5 Å². The molecular formula is C100H70BBrN4O4. The molecule has 8 heterocycles. The van der Waals surface area contributed by atoms with Crippen LogP contribution in [-0.2, 0) is 10.8 Å². The molecule has 2 spiro atoms. The number of nitrogens with zero attached hydrogens (tertiary/aromatic N) is 4. The van der Waals surface area contributed by atoms with Gasteiger partial charge in [-0.1, -0.05) is 280 Å². The van der Waals surface area contributed by atoms with E-state index in [0.29, 0.717) is 5.46 Å². The van der Waals surface area contributed by atoms with E-state index in [4.69, 9.17) is 9.47 Å². The topological polar surface area (TPSA) is 78.6 Å². The van der Waals surface area contributed by atoms with Crippen LogP contribution in [0, 0.1) is 0 Å². The zero-order valence-corrected chi connectivity index (χ0v) is 59.7. The first-order valence-electron chi connectivity index (χ1n) is 36.6. The van der Waals surface area contributed by atoms with Crippen molar-refractivity contribution in [1.82, 2.24) is 18.3 Å². The SMILES string of the molecule is Brc1ccc2c(c1)C1(c3ccccc3O2)c2ccccc2-n2c3ccccc3c3cccc1c32.C.C.OB(O)c1ccc2c3ccccc3n(-c3ccccc3)c2c1.c1ccc(-n2c3ccccc3c3ccc(-c4ccc5c(c4)C4(c6ccccc6O5)c5ccccc5-n5c6ccccc6c6cccc4c65)cc32)cc1. The first-order chi connectivity index (χ1) is 53.3. The Hall–Kier alpha value is -13.2. The summed E-state index contributed by atoms with van der Waals surface area (Å²) in [6.07, 6.45) is 0. The summed E-state index contributed by atoms with van der Waals surface area (Å²) in [6, 6.07) is 130. The Labute approximate surface area is 644 Å². The fourth-order valence-corrected chi connectivity index (χ4v) is 19.2. The maximum Gasteiger partial charge on any atom is 0.488 e. The molecule has 2 N–H and O–H groups in total. The van der Waals surface area contributed by atoms with Gasteiger partial charge in [-0.2, -0.15) is 0 Å². The minimum absolute atomic E-state index is 0. The van der Waals surface area contributed by atoms with E-state index in [1.54, 1.807) is 6.07 Å². The predicted molar refractivity (Wildman–Crippen MR) is 457 cm³/mol. The number of benzene rings is 16. The van der Waals surface area contributed by atoms with Gasteiger partial charge in [0.15, 0.2) is 0 Å². The van der Waals surface area contributed by atoms with Crippen molar-refractivity contribution in [3.05, 3.63) is 413 Å². The van der Waals surface area contributed by atoms with Crippen LogP contribution in [-0.4, -0.2) is 35.4 Å². The van der Waals surface area contributed by atoms with E-state index in [-0.39, 0.29) is 14.9 Å². The summed E-state index contributed by atoms with van der Waals surface area (Å²) in [4.78, 5) is 0. The number of hydrogen-bond donors (Lipinski definition) is 2. The maximum absolute atomic E-state index is 9.47. The molecule has 0 radical (unpaired) electrons. The molecule has 2 unspecified atom stereocenters. The van der Waals surface area contributed by atoms with Crippen molar-refractivity contribution in [3.63, 3.8) is 0 Å². The van der Waals surface area contributed by atoms with Gasteiger partial charge in [-0.25, -0.2) is 0 Å². The summed E-state index contributed by atoms with van der Waals surface area (Å²) < 4.78 is 23.8. The Bertz CT molecular complexity index is 7150. The van der Waals surface area contributed by atoms with Crippen molar-refractivity contribution in [2.24, 2.45) is 0 Å². The molecule has 20 aromatic rings. The van der Waals surface area contributed by atoms with E-state index in [0.717, 1.165) is 82.9 Å². The van der Waals surface area contributed by atoms with Crippen LogP contribution in [0.1, 0.15) is 59.4 Å². The fraction of sp³-hybridized carbons (Fsp3) is 0.0400. The molecule has 8 nitrogen and oxygen atoms in total. The highest BCUT2D eigenvalue weighted by Gasteiger charge is 2.52. The van der Waals surface area contributed by atoms with Gasteiger partial charge in [-0.05, 0) is 154 Å². The lowest BCUT2D eigenvalue weighted by atomic mass is 9.61. The molecule has 0 aliphatic carbocycles. The van der Waals surface area contributed by atoms with Crippen molar-refractivity contribution in [2.75, 3.05) is 0 Å². The van der Waals surface area contributed by atoms with Gasteiger partial charge in [-0.3, -0.25) is 0 Å². The van der Waals surface area contributed by atoms with Crippen molar-refractivity contribution in [3.8, 4) is 56.9 Å². The summed E-state index contributed by atoms with van der Waals surface area (Å²) in [5.41, 5.74) is 25.6. The maximum atomic E-state index is 9.47. The monoisotopic (exact) mass is 1480 g/mol. The van der Waals surface area contributed by atoms with Crippen LogP contribution in [0.15, 0.2) is 368 Å². The molecule has 110 heavy (non-hydrogen) atoms. The van der Waals surface area contributed by atoms with Crippen molar-refractivity contribution in [2.45, 2.75) is 25.7 Å². The third-order valence-corrected chi connectivity index (χ3v) is 23.6. The third kappa shape index (κ3) is 9.34. The van der Waals surface area contributed by atoms with Gasteiger partial charge in [-0.15, -0.1) is 0 Å². The minimum atomic E-state index is -1.47. The molecule has 24 rings (SSSR count). The highest BCUT2D eigenvalue weighted by molar-refractivity contribution is 9.10. The first kappa shape index (κ1) is 66.2. The van der Waals surface area contributed by atoms with Gasteiger partial charge in [0.05, 0.1) is 66.3 Å². The van der Waals surface area contributed by atoms with Crippen LogP contribution >= 0.6 is 15.9 Å². The number of ether oxygens (including phenoxy) is 2. The second-order valence-corrected chi connectivity index (χ2v) is 29.4. The lowest BCUT2D eigenvalue weighted by Gasteiger charge is -2.45. The van der Waals surface area contributed by atoms with E-state index in [1.807, 2.05) is 54.6 Å². The van der Waals surface area contributed by atoms with Crippen LogP contribution in [0.2, 0.25) is 0 Å². The molecule has 0 amide bonds. The van der Waals surface area contributed by atoms with E-state index in [1.165, 1.54) is 110 Å². The average molecular weight is 1480 g/mol. The molecule has 4 aliphatic rings. The Morgan fingerprint density at radius 3 is 1.10 bits per heavy atom. The molecule has 0 fully saturated rings. The van der Waals surface area contributed by atoms with E-state index in [2.05, 4.69) is 338 Å². The lowest BCUT2D eigenvalue weighted by molar-refractivity contribution is 0.425. The van der Waals surface area contributed by atoms with Crippen molar-refractivity contribution in [1.29, 1.82) is 0 Å². The standard InChI is InChI=1S/C49H30N2O.C31H18BrNO.C18H14BNO2.2CH4/c1-2-13-33(14-3-1)50-42-21-8-4-15-34(42)36-27-25-32(30-45(36)50)31-26-28-47-41(29-31)49(39-19-7-11-24-46(39)52-47)38-18-6-10-23-44(38)51-43-22-9-5-16-35(43)37-17-12-20-40(49)48(37)51;32-19-16-17-29-25(18-19)31(23-11-3-6-15-28(23)34-29)22-10-2-5-14-27(22)33-26-13-4-1-8-20(26)21-9-7-12-24(31)30(21)33;21-19(22)13-10-11-16-15-8-4-5-9-17(15)20(18(16)12-13)14-6-2-1-3-7-14;;/h1-30H;1-18H;1-12,21-22H;2*1H4. The van der Waals surface area contributed by atoms with Gasteiger partial charge < -0.3 is 37.8 Å². The molecule has 10 heteroatoms. The second-order valence-electron chi connectivity index (χ2n) is 28.4. The quantitative estimate of drug-likeness (QED) is 0.172. The largest absolute Gasteiger partial charge is 0.488 e. The molecule has 4 aromatic heterocycles. The molecule has 4 aliphatic heterocycles. The van der Waals surface area contributed by atoms with Gasteiger partial charge in [0, 0.05) is 81.2 Å². The molecule has 524 valence electrons. The number of rotatable bonds is 4. The fourth-order valence-electron chi connectivity index (χ4n) is 18.8. The van der Waals surface area contributed by atoms with Crippen LogP contribution in [0.25, 0.3) is 121 Å². The highest BCUT2D eigenvalue weighted by atomic mass is 79.9. The highest BCUT2D eigenvalue weighted by Crippen LogP contribution is 2.63. The van der Waals surface area contributed by atoms with Crippen LogP contribution in [0.3, 0.4) is 0 Å². The van der Waals surface area contributed by atoms with Crippen LogP contribution < -0.4 is 14.9 Å². The summed E-state index contributed by atoms with van der Waals surface area (Å²) in [6.45, 7) is 0. The van der Waals surface area contributed by atoms with Gasteiger partial charge >= 0.3 is 7.12 Å². The normalized spacial score (nSPS) is 14.9. The Morgan fingerprint density at radius 1 is 0.255 bits per heavy atom. The second kappa shape index (κ2) is 25.5. The predicted octanol–water partition coefficient (Wildman–Crippen LogP) is 24.4. The van der Waals surface area contributed by atoms with Crippen molar-refractivity contribution >= 4 is 116 Å². The molecule has 0 saturated heterocycles. The third-order valence-electron chi connectivity index (χ3n) is 23.1. The van der Waals surface area contributed by atoms with Crippen LogP contribution in [0.4, 0.5) is 0 Å². The molecule has 0 saturated carbocycles. The molecule has 2 atom stereocenters. The summed E-state index contributed by atoms with van der Waals surface area (Å²) in [5.74, 6) is 3.60. The average Bonchev–Trinajstić information content (AvgIpc) is 1.26. The smallest absolute Gasteiger partial charge is 0.457 e. The van der Waals surface area contributed by atoms with E-state index in [9.17, 15) is 10.0 Å². The Morgan fingerprint density at radius 2 is 0.600 bits per heavy atom. The van der Waals surface area contributed by atoms with E-state index >= 15 is 0 Å². The Kier molecular flexibility index (Phi) is 15.3. The zero-order chi connectivity index (χ0) is 71.5. The van der Waals surface area contributed by atoms with Gasteiger partial charge in [0.25, 0.3) is 0 Å². The minimum Gasteiger partial charge on any atom is -0.457 e. The van der Waals surface area contributed by atoms with Gasteiger partial charge in [0.1, 0.15) is 23.0 Å². The number of para-hydroxylation sites is 12. The number of halogens is 1. The summed E-state index contributed by atoms with van der Waals surface area (Å²) in [7, 11) is -1.47.